The molecule has 1 unspecified atom stereocenters. The number of hydrogen-bond donors (Lipinski definition) is 0. The van der Waals surface area contributed by atoms with Crippen molar-refractivity contribution in [3.05, 3.63) is 11.6 Å². The maximum atomic E-state index is 4.68. The lowest BCUT2D eigenvalue weighted by molar-refractivity contribution is 0.430. The highest BCUT2D eigenvalue weighted by Gasteiger charge is 2.20. The first-order valence-corrected chi connectivity index (χ1v) is 5.76. The van der Waals surface area contributed by atoms with E-state index in [0.717, 1.165) is 5.92 Å². The van der Waals surface area contributed by atoms with Gasteiger partial charge in [0.1, 0.15) is 0 Å². The maximum absolute atomic E-state index is 4.68. The average molecular weight is 193 g/mol. The molecule has 0 saturated carbocycles. The second-order valence-corrected chi connectivity index (χ2v) is 4.81. The topological polar surface area (TPSA) is 12.4 Å². The summed E-state index contributed by atoms with van der Waals surface area (Å²) >= 11 is 0. The van der Waals surface area contributed by atoms with Gasteiger partial charge in [0.05, 0.1) is 6.04 Å². The van der Waals surface area contributed by atoms with E-state index in [-0.39, 0.29) is 0 Å². The Labute approximate surface area is 88.3 Å². The third-order valence-electron chi connectivity index (χ3n) is 3.02. The van der Waals surface area contributed by atoms with Crippen LogP contribution in [-0.2, 0) is 0 Å². The van der Waals surface area contributed by atoms with Gasteiger partial charge in [0.15, 0.2) is 0 Å². The molecule has 1 heteroatoms. The zero-order valence-corrected chi connectivity index (χ0v) is 10.0. The van der Waals surface area contributed by atoms with Gasteiger partial charge in [-0.1, -0.05) is 18.6 Å². The van der Waals surface area contributed by atoms with Crippen LogP contribution < -0.4 is 0 Å². The van der Waals surface area contributed by atoms with Crippen LogP contribution in [0.3, 0.4) is 0 Å². The number of rotatable bonds is 4. The normalized spacial score (nSPS) is 23.1. The molecule has 0 aliphatic carbocycles. The molecule has 0 fully saturated rings. The Balaban J connectivity index is 2.29. The van der Waals surface area contributed by atoms with Crippen molar-refractivity contribution in [3.8, 4) is 0 Å². The van der Waals surface area contributed by atoms with Crippen molar-refractivity contribution in [1.82, 2.24) is 0 Å². The molecular formula is C13H23N. The van der Waals surface area contributed by atoms with E-state index in [1.54, 1.807) is 0 Å². The van der Waals surface area contributed by atoms with Crippen molar-refractivity contribution in [1.29, 1.82) is 0 Å². The van der Waals surface area contributed by atoms with Crippen LogP contribution in [0.1, 0.15) is 53.4 Å². The van der Waals surface area contributed by atoms with Gasteiger partial charge < -0.3 is 0 Å². The minimum absolute atomic E-state index is 0.612. The Morgan fingerprint density at radius 3 is 2.79 bits per heavy atom. The molecule has 2 atom stereocenters. The fourth-order valence-corrected chi connectivity index (χ4v) is 2.01. The number of allylic oxidation sites excluding steroid dienone is 2. The summed E-state index contributed by atoms with van der Waals surface area (Å²) < 4.78 is 0. The first-order chi connectivity index (χ1) is 6.59. The second-order valence-electron chi connectivity index (χ2n) is 4.81. The van der Waals surface area contributed by atoms with Gasteiger partial charge in [-0.2, -0.15) is 0 Å². The van der Waals surface area contributed by atoms with E-state index in [1.165, 1.54) is 37.0 Å². The Morgan fingerprint density at radius 2 is 2.29 bits per heavy atom. The third kappa shape index (κ3) is 3.65. The van der Waals surface area contributed by atoms with Gasteiger partial charge in [-0.3, -0.25) is 4.99 Å². The van der Waals surface area contributed by atoms with Crippen molar-refractivity contribution in [2.45, 2.75) is 59.4 Å². The molecule has 0 aromatic heterocycles. The van der Waals surface area contributed by atoms with Crippen LogP contribution >= 0.6 is 0 Å². The predicted octanol–water partition coefficient (Wildman–Crippen LogP) is 3.99. The summed E-state index contributed by atoms with van der Waals surface area (Å²) in [6.45, 7) is 8.83. The summed E-state index contributed by atoms with van der Waals surface area (Å²) in [5, 5.41) is 0. The van der Waals surface area contributed by atoms with Crippen molar-refractivity contribution in [2.75, 3.05) is 0 Å². The predicted molar refractivity (Wildman–Crippen MR) is 64.0 cm³/mol. The highest BCUT2D eigenvalue weighted by Crippen LogP contribution is 2.24. The van der Waals surface area contributed by atoms with Crippen LogP contribution in [0.25, 0.3) is 0 Å². The summed E-state index contributed by atoms with van der Waals surface area (Å²) in [5.74, 6) is 0.753. The van der Waals surface area contributed by atoms with E-state index in [0.29, 0.717) is 6.04 Å². The van der Waals surface area contributed by atoms with Crippen LogP contribution in [0.5, 0.6) is 0 Å². The summed E-state index contributed by atoms with van der Waals surface area (Å²) in [4.78, 5) is 4.68. The molecule has 0 N–H and O–H groups in total. The van der Waals surface area contributed by atoms with Gasteiger partial charge >= 0.3 is 0 Å². The summed E-state index contributed by atoms with van der Waals surface area (Å²) in [5.41, 5.74) is 2.78. The van der Waals surface area contributed by atoms with Crippen molar-refractivity contribution < 1.29 is 0 Å². The number of hydrogen-bond acceptors (Lipinski definition) is 1. The first kappa shape index (κ1) is 11.5. The molecule has 0 bridgehead atoms. The zero-order chi connectivity index (χ0) is 10.6. The molecule has 0 radical (unpaired) electrons. The monoisotopic (exact) mass is 193 g/mol. The Hall–Kier alpha value is -0.590. The van der Waals surface area contributed by atoms with E-state index in [9.17, 15) is 0 Å². The van der Waals surface area contributed by atoms with Gasteiger partial charge in [0.25, 0.3) is 0 Å². The third-order valence-corrected chi connectivity index (χ3v) is 3.02. The molecule has 0 spiro atoms. The number of nitrogens with zero attached hydrogens (tertiary/aromatic N) is 1. The highest BCUT2D eigenvalue weighted by molar-refractivity contribution is 5.83. The molecule has 0 saturated heterocycles. The minimum Gasteiger partial charge on any atom is -0.291 e. The van der Waals surface area contributed by atoms with E-state index in [2.05, 4.69) is 38.8 Å². The lowest BCUT2D eigenvalue weighted by Crippen LogP contribution is -2.12. The van der Waals surface area contributed by atoms with Crippen LogP contribution in [-0.4, -0.2) is 11.8 Å². The zero-order valence-electron chi connectivity index (χ0n) is 10.0. The standard InChI is InChI=1S/C13H23N/c1-10(2)6-5-7-11(3)13-9-8-12(4)14-13/h6,11,13H,5,7-9H2,1-4H3/t11?,13-/m1/s1. The van der Waals surface area contributed by atoms with E-state index < -0.39 is 0 Å². The molecular weight excluding hydrogens is 170 g/mol. The van der Waals surface area contributed by atoms with Crippen LogP contribution in [0.4, 0.5) is 0 Å². The molecule has 0 aromatic carbocycles. The molecule has 14 heavy (non-hydrogen) atoms. The average Bonchev–Trinajstić information content (AvgIpc) is 2.51. The van der Waals surface area contributed by atoms with Gasteiger partial charge in [-0.05, 0) is 52.4 Å². The lowest BCUT2D eigenvalue weighted by Gasteiger charge is -2.15. The largest absolute Gasteiger partial charge is 0.291 e. The molecule has 1 aliphatic heterocycles. The summed E-state index contributed by atoms with van der Waals surface area (Å²) in [6.07, 6.45) is 7.34. The lowest BCUT2D eigenvalue weighted by atomic mass is 9.95. The maximum Gasteiger partial charge on any atom is 0.0528 e. The smallest absolute Gasteiger partial charge is 0.0528 e. The van der Waals surface area contributed by atoms with E-state index in [1.807, 2.05) is 0 Å². The minimum atomic E-state index is 0.612. The molecule has 0 aromatic rings. The SMILES string of the molecule is CC(C)=CCCC(C)[C@H]1CCC(C)=N1. The number of aliphatic imine (C=N–C) groups is 1. The molecule has 80 valence electrons. The van der Waals surface area contributed by atoms with Crippen molar-refractivity contribution >= 4 is 5.71 Å². The van der Waals surface area contributed by atoms with Crippen LogP contribution in [0, 0.1) is 5.92 Å². The Bertz CT molecular complexity index is 234. The van der Waals surface area contributed by atoms with E-state index in [4.69, 9.17) is 0 Å². The van der Waals surface area contributed by atoms with Gasteiger partial charge in [0.2, 0.25) is 0 Å². The Kier molecular flexibility index (Phi) is 4.37. The Morgan fingerprint density at radius 1 is 1.57 bits per heavy atom. The fourth-order valence-electron chi connectivity index (χ4n) is 2.01. The van der Waals surface area contributed by atoms with Gasteiger partial charge in [0, 0.05) is 5.71 Å². The van der Waals surface area contributed by atoms with Crippen LogP contribution in [0.2, 0.25) is 0 Å². The van der Waals surface area contributed by atoms with E-state index >= 15 is 0 Å². The molecule has 1 aliphatic rings. The van der Waals surface area contributed by atoms with Crippen LogP contribution in [0.15, 0.2) is 16.6 Å². The molecule has 1 rings (SSSR count). The first-order valence-electron chi connectivity index (χ1n) is 5.76. The highest BCUT2D eigenvalue weighted by atomic mass is 14.8. The molecule has 1 heterocycles. The van der Waals surface area contributed by atoms with Crippen molar-refractivity contribution in [3.63, 3.8) is 0 Å². The van der Waals surface area contributed by atoms with Gasteiger partial charge in [-0.25, -0.2) is 0 Å². The fraction of sp³-hybridized carbons (Fsp3) is 0.769. The van der Waals surface area contributed by atoms with Crippen molar-refractivity contribution in [2.24, 2.45) is 10.9 Å². The molecule has 0 amide bonds. The second kappa shape index (κ2) is 5.33. The quantitative estimate of drug-likeness (QED) is 0.599. The molecule has 1 nitrogen and oxygen atoms in total. The van der Waals surface area contributed by atoms with Gasteiger partial charge in [-0.15, -0.1) is 0 Å². The summed E-state index contributed by atoms with van der Waals surface area (Å²) in [6, 6.07) is 0.612. The summed E-state index contributed by atoms with van der Waals surface area (Å²) in [7, 11) is 0.